The molecule has 1 aromatic heterocycles. The summed E-state index contributed by atoms with van der Waals surface area (Å²) in [4.78, 5) is 4.11. The van der Waals surface area contributed by atoms with E-state index < -0.39 is 21.4 Å². The maximum Gasteiger partial charge on any atom is 0.534 e. The molecule has 0 amide bonds. The molecular formula is C16H10F3NO4S. The van der Waals surface area contributed by atoms with E-state index >= 15 is 0 Å². The molecule has 0 spiro atoms. The number of benzene rings is 2. The second-order valence-electron chi connectivity index (χ2n) is 5.04. The van der Waals surface area contributed by atoms with Crippen LogP contribution in [0.25, 0.3) is 22.0 Å². The number of aromatic nitrogens is 1. The van der Waals surface area contributed by atoms with Gasteiger partial charge in [0.05, 0.1) is 5.52 Å². The molecular weight excluding hydrogens is 359 g/mol. The van der Waals surface area contributed by atoms with Crippen molar-refractivity contribution in [2.24, 2.45) is 0 Å². The van der Waals surface area contributed by atoms with Gasteiger partial charge >= 0.3 is 15.6 Å². The van der Waals surface area contributed by atoms with E-state index in [9.17, 15) is 26.7 Å². The summed E-state index contributed by atoms with van der Waals surface area (Å²) in [5.74, 6) is -0.416. The van der Waals surface area contributed by atoms with Gasteiger partial charge in [-0.25, -0.2) is 0 Å². The van der Waals surface area contributed by atoms with E-state index in [-0.39, 0.29) is 16.7 Å². The Labute approximate surface area is 140 Å². The van der Waals surface area contributed by atoms with Gasteiger partial charge in [-0.05, 0) is 42.0 Å². The minimum atomic E-state index is -5.79. The quantitative estimate of drug-likeness (QED) is 0.561. The second kappa shape index (κ2) is 5.92. The molecule has 0 atom stereocenters. The van der Waals surface area contributed by atoms with Crippen molar-refractivity contribution in [3.63, 3.8) is 0 Å². The summed E-state index contributed by atoms with van der Waals surface area (Å²) in [6.45, 7) is 0. The number of hydrogen-bond donors (Lipinski definition) is 1. The number of rotatable bonds is 3. The fourth-order valence-electron chi connectivity index (χ4n) is 2.26. The molecule has 0 unspecified atom stereocenters. The molecule has 0 saturated heterocycles. The number of aromatic hydroxyl groups is 1. The van der Waals surface area contributed by atoms with Gasteiger partial charge in [0.1, 0.15) is 5.75 Å². The van der Waals surface area contributed by atoms with Gasteiger partial charge < -0.3 is 9.29 Å². The number of alkyl halides is 3. The summed E-state index contributed by atoms with van der Waals surface area (Å²) in [5, 5.41) is 9.47. The zero-order valence-electron chi connectivity index (χ0n) is 12.4. The van der Waals surface area contributed by atoms with Crippen molar-refractivity contribution in [2.75, 3.05) is 0 Å². The van der Waals surface area contributed by atoms with Gasteiger partial charge in [-0.15, -0.1) is 0 Å². The number of phenolic OH excluding ortho intramolecular Hbond substituents is 1. The van der Waals surface area contributed by atoms with Crippen molar-refractivity contribution >= 4 is 21.0 Å². The predicted octanol–water partition coefficient (Wildman–Crippen LogP) is 3.84. The van der Waals surface area contributed by atoms with Gasteiger partial charge in [-0.3, -0.25) is 4.98 Å². The van der Waals surface area contributed by atoms with Crippen LogP contribution in [0.3, 0.4) is 0 Å². The van der Waals surface area contributed by atoms with Crippen LogP contribution in [-0.4, -0.2) is 24.0 Å². The van der Waals surface area contributed by atoms with Crippen LogP contribution in [-0.2, 0) is 10.1 Å². The van der Waals surface area contributed by atoms with Gasteiger partial charge in [0.2, 0.25) is 0 Å². The Kier molecular flexibility index (Phi) is 4.03. The van der Waals surface area contributed by atoms with Crippen molar-refractivity contribution in [3.05, 3.63) is 54.7 Å². The van der Waals surface area contributed by atoms with E-state index in [2.05, 4.69) is 9.17 Å². The van der Waals surface area contributed by atoms with Gasteiger partial charge in [-0.2, -0.15) is 21.6 Å². The molecule has 0 saturated carbocycles. The van der Waals surface area contributed by atoms with Crippen LogP contribution in [0.15, 0.2) is 54.7 Å². The van der Waals surface area contributed by atoms with Crippen LogP contribution in [0.1, 0.15) is 0 Å². The van der Waals surface area contributed by atoms with Crippen LogP contribution in [0, 0.1) is 0 Å². The standard InChI is InChI=1S/C16H10F3NO4S/c17-16(18,19)25(22,23)24-14-8-7-12(10-3-5-11(21)6-4-10)15-13(14)2-1-9-20-15/h1-9,21H. The Hall–Kier alpha value is -2.81. The highest BCUT2D eigenvalue weighted by atomic mass is 32.2. The van der Waals surface area contributed by atoms with Crippen LogP contribution in [0.4, 0.5) is 13.2 Å². The van der Waals surface area contributed by atoms with E-state index in [1.165, 1.54) is 36.5 Å². The van der Waals surface area contributed by atoms with E-state index in [4.69, 9.17) is 0 Å². The summed E-state index contributed by atoms with van der Waals surface area (Å²) >= 11 is 0. The average molecular weight is 369 g/mol. The molecule has 1 heterocycles. The Morgan fingerprint density at radius 2 is 1.68 bits per heavy atom. The van der Waals surface area contributed by atoms with E-state index in [1.807, 2.05) is 0 Å². The summed E-state index contributed by atoms with van der Waals surface area (Å²) < 4.78 is 64.4. The number of fused-ring (bicyclic) bond motifs is 1. The van der Waals surface area contributed by atoms with E-state index in [0.717, 1.165) is 6.07 Å². The summed E-state index contributed by atoms with van der Waals surface area (Å²) in [7, 11) is -5.79. The molecule has 0 radical (unpaired) electrons. The molecule has 0 fully saturated rings. The van der Waals surface area contributed by atoms with Crippen molar-refractivity contribution in [2.45, 2.75) is 5.51 Å². The smallest absolute Gasteiger partial charge is 0.508 e. The number of hydrogen-bond acceptors (Lipinski definition) is 5. The Balaban J connectivity index is 2.16. The first-order chi connectivity index (χ1) is 11.7. The molecule has 0 aliphatic carbocycles. The third kappa shape index (κ3) is 3.22. The average Bonchev–Trinajstić information content (AvgIpc) is 2.55. The Bertz CT molecular complexity index is 1030. The summed E-state index contributed by atoms with van der Waals surface area (Å²) in [6, 6.07) is 11.5. The molecule has 1 N–H and O–H groups in total. The number of halogens is 3. The normalized spacial score (nSPS) is 12.3. The number of phenols is 1. The molecule has 3 aromatic rings. The molecule has 0 aliphatic heterocycles. The van der Waals surface area contributed by atoms with Crippen LogP contribution >= 0.6 is 0 Å². The summed E-state index contributed by atoms with van der Waals surface area (Å²) in [6.07, 6.45) is 1.42. The molecule has 3 rings (SSSR count). The van der Waals surface area contributed by atoms with Gasteiger partial charge in [0.15, 0.2) is 5.75 Å². The lowest BCUT2D eigenvalue weighted by Crippen LogP contribution is -2.28. The van der Waals surface area contributed by atoms with Crippen LogP contribution in [0.5, 0.6) is 11.5 Å². The van der Waals surface area contributed by atoms with Crippen molar-refractivity contribution in [3.8, 4) is 22.6 Å². The third-order valence-corrected chi connectivity index (χ3v) is 4.36. The Morgan fingerprint density at radius 1 is 1.00 bits per heavy atom. The topological polar surface area (TPSA) is 76.5 Å². The largest absolute Gasteiger partial charge is 0.534 e. The second-order valence-corrected chi connectivity index (χ2v) is 6.58. The van der Waals surface area contributed by atoms with Gasteiger partial charge in [0.25, 0.3) is 0 Å². The van der Waals surface area contributed by atoms with E-state index in [1.54, 1.807) is 12.1 Å². The van der Waals surface area contributed by atoms with Crippen molar-refractivity contribution < 1.29 is 30.9 Å². The molecule has 9 heteroatoms. The van der Waals surface area contributed by atoms with E-state index in [0.29, 0.717) is 11.1 Å². The molecule has 0 aliphatic rings. The SMILES string of the molecule is O=S(=O)(Oc1ccc(-c2ccc(O)cc2)c2ncccc12)C(F)(F)F. The molecule has 0 bridgehead atoms. The first-order valence-electron chi connectivity index (χ1n) is 6.87. The lowest BCUT2D eigenvalue weighted by Gasteiger charge is -2.13. The minimum Gasteiger partial charge on any atom is -0.508 e. The molecule has 2 aromatic carbocycles. The van der Waals surface area contributed by atoms with Crippen LogP contribution in [0.2, 0.25) is 0 Å². The highest BCUT2D eigenvalue weighted by Crippen LogP contribution is 2.36. The van der Waals surface area contributed by atoms with Crippen LogP contribution < -0.4 is 4.18 Å². The first kappa shape index (κ1) is 17.0. The zero-order chi connectivity index (χ0) is 18.2. The lowest BCUT2D eigenvalue weighted by molar-refractivity contribution is -0.0499. The van der Waals surface area contributed by atoms with Crippen molar-refractivity contribution in [1.29, 1.82) is 0 Å². The zero-order valence-corrected chi connectivity index (χ0v) is 13.2. The molecule has 130 valence electrons. The monoisotopic (exact) mass is 369 g/mol. The number of nitrogens with zero attached hydrogens (tertiary/aromatic N) is 1. The van der Waals surface area contributed by atoms with Gasteiger partial charge in [0, 0.05) is 17.1 Å². The Morgan fingerprint density at radius 3 is 2.32 bits per heavy atom. The fourth-order valence-corrected chi connectivity index (χ4v) is 2.73. The summed E-state index contributed by atoms with van der Waals surface area (Å²) in [5.41, 5.74) is -4.07. The minimum absolute atomic E-state index is 0.0530. The third-order valence-electron chi connectivity index (χ3n) is 3.39. The fraction of sp³-hybridized carbons (Fsp3) is 0.0625. The lowest BCUT2D eigenvalue weighted by atomic mass is 10.0. The molecule has 5 nitrogen and oxygen atoms in total. The predicted molar refractivity (Wildman–Crippen MR) is 84.4 cm³/mol. The number of pyridine rings is 1. The van der Waals surface area contributed by atoms with Crippen molar-refractivity contribution in [1.82, 2.24) is 4.98 Å². The maximum atomic E-state index is 12.5. The van der Waals surface area contributed by atoms with Gasteiger partial charge in [-0.1, -0.05) is 12.1 Å². The molecule has 25 heavy (non-hydrogen) atoms. The highest BCUT2D eigenvalue weighted by Gasteiger charge is 2.48. The maximum absolute atomic E-state index is 12.5. The first-order valence-corrected chi connectivity index (χ1v) is 8.28. The highest BCUT2D eigenvalue weighted by molar-refractivity contribution is 7.88.